The molecule has 7 heteroatoms. The van der Waals surface area contributed by atoms with Crippen LogP contribution in [0.3, 0.4) is 0 Å². The fourth-order valence-corrected chi connectivity index (χ4v) is 2.37. The number of hydrogen-bond acceptors (Lipinski definition) is 5. The van der Waals surface area contributed by atoms with Crippen molar-refractivity contribution in [3.63, 3.8) is 0 Å². The molecule has 2 heterocycles. The van der Waals surface area contributed by atoms with E-state index in [9.17, 15) is 4.21 Å². The van der Waals surface area contributed by atoms with Gasteiger partial charge in [0, 0.05) is 13.2 Å². The molecule has 0 bridgehead atoms. The van der Waals surface area contributed by atoms with Gasteiger partial charge in [0.25, 0.3) is 0 Å². The van der Waals surface area contributed by atoms with Gasteiger partial charge in [-0.05, 0) is 12.1 Å². The number of anilines is 1. The van der Waals surface area contributed by atoms with Gasteiger partial charge >= 0.3 is 0 Å². The second-order valence-electron chi connectivity index (χ2n) is 3.19. The predicted octanol–water partition coefficient (Wildman–Crippen LogP) is 0.100. The maximum Gasteiger partial charge on any atom is 0.150 e. The van der Waals surface area contributed by atoms with Crippen LogP contribution in [0, 0.1) is 0 Å². The van der Waals surface area contributed by atoms with Crippen molar-refractivity contribution < 1.29 is 4.21 Å². The highest BCUT2D eigenvalue weighted by Crippen LogP contribution is 2.14. The summed E-state index contributed by atoms with van der Waals surface area (Å²) in [6.45, 7) is 0. The predicted molar refractivity (Wildman–Crippen MR) is 59.8 cm³/mol. The molecule has 0 spiro atoms. The van der Waals surface area contributed by atoms with Gasteiger partial charge in [-0.15, -0.1) is 0 Å². The van der Waals surface area contributed by atoms with Gasteiger partial charge in [-0.1, -0.05) is 0 Å². The van der Waals surface area contributed by atoms with Crippen LogP contribution in [-0.4, -0.2) is 24.0 Å². The second-order valence-corrected chi connectivity index (χ2v) is 4.55. The Morgan fingerprint density at radius 2 is 2.31 bits per heavy atom. The summed E-state index contributed by atoms with van der Waals surface area (Å²) in [6.07, 6.45) is 2.99. The average molecular weight is 237 g/mol. The molecular formula is C9H11N5OS. The van der Waals surface area contributed by atoms with Crippen LogP contribution in [0.15, 0.2) is 29.7 Å². The number of pyridine rings is 1. The normalized spacial score (nSPS) is 12.6. The van der Waals surface area contributed by atoms with Gasteiger partial charge in [0.05, 0.1) is 22.2 Å². The number of aromatic nitrogens is 4. The van der Waals surface area contributed by atoms with E-state index in [0.29, 0.717) is 16.5 Å². The fourth-order valence-electron chi connectivity index (χ4n) is 1.23. The average Bonchev–Trinajstić information content (AvgIpc) is 2.65. The van der Waals surface area contributed by atoms with E-state index in [-0.39, 0.29) is 5.75 Å². The lowest BCUT2D eigenvalue weighted by atomic mass is 10.4. The topological polar surface area (TPSA) is 86.7 Å². The molecule has 0 saturated heterocycles. The van der Waals surface area contributed by atoms with E-state index >= 15 is 0 Å². The lowest BCUT2D eigenvalue weighted by Crippen LogP contribution is -2.07. The van der Waals surface area contributed by atoms with Gasteiger partial charge in [0.15, 0.2) is 5.03 Å². The lowest BCUT2D eigenvalue weighted by molar-refractivity contribution is 0.672. The molecule has 2 aromatic heterocycles. The van der Waals surface area contributed by atoms with E-state index in [1.54, 1.807) is 30.1 Å². The highest BCUT2D eigenvalue weighted by atomic mass is 32.2. The monoisotopic (exact) mass is 237 g/mol. The largest absolute Gasteiger partial charge is 0.396 e. The molecule has 0 saturated carbocycles. The minimum absolute atomic E-state index is 0.262. The van der Waals surface area contributed by atoms with E-state index in [4.69, 9.17) is 5.73 Å². The molecule has 2 aromatic rings. The number of nitrogens with zero attached hydrogens (tertiary/aromatic N) is 4. The quantitative estimate of drug-likeness (QED) is 0.818. The first-order chi connectivity index (χ1) is 7.68. The summed E-state index contributed by atoms with van der Waals surface area (Å²) in [4.78, 5) is 8.01. The van der Waals surface area contributed by atoms with Gasteiger partial charge in [0.1, 0.15) is 12.2 Å². The Balaban J connectivity index is 2.22. The van der Waals surface area contributed by atoms with Crippen LogP contribution >= 0.6 is 0 Å². The summed E-state index contributed by atoms with van der Waals surface area (Å²) in [5.74, 6) is 0.904. The van der Waals surface area contributed by atoms with Crippen LogP contribution < -0.4 is 5.73 Å². The van der Waals surface area contributed by atoms with Crippen LogP contribution in [0.4, 0.5) is 5.69 Å². The molecule has 0 aliphatic carbocycles. The number of nitrogens with two attached hydrogens (primary N) is 1. The molecule has 0 aliphatic heterocycles. The minimum atomic E-state index is -1.29. The molecule has 6 nitrogen and oxygen atoms in total. The number of aryl methyl sites for hydroxylation is 1. The summed E-state index contributed by atoms with van der Waals surface area (Å²) in [5, 5.41) is 4.30. The van der Waals surface area contributed by atoms with Crippen molar-refractivity contribution in [2.75, 3.05) is 5.73 Å². The molecule has 84 valence electrons. The summed E-state index contributed by atoms with van der Waals surface area (Å²) < 4.78 is 13.6. The third kappa shape index (κ3) is 2.08. The smallest absolute Gasteiger partial charge is 0.150 e. The van der Waals surface area contributed by atoms with Crippen molar-refractivity contribution in [1.82, 2.24) is 19.7 Å². The first kappa shape index (κ1) is 10.7. The molecule has 0 fully saturated rings. The van der Waals surface area contributed by atoms with Crippen molar-refractivity contribution >= 4 is 16.5 Å². The van der Waals surface area contributed by atoms with Crippen LogP contribution in [-0.2, 0) is 23.6 Å². The summed E-state index contributed by atoms with van der Waals surface area (Å²) in [5.41, 5.74) is 6.12. The van der Waals surface area contributed by atoms with E-state index in [1.165, 1.54) is 6.33 Å². The van der Waals surface area contributed by atoms with Gasteiger partial charge in [-0.25, -0.2) is 9.97 Å². The van der Waals surface area contributed by atoms with Gasteiger partial charge < -0.3 is 5.73 Å². The Kier molecular flexibility index (Phi) is 2.95. The molecule has 2 N–H and O–H groups in total. The Bertz CT molecular complexity index is 524. The van der Waals surface area contributed by atoms with Gasteiger partial charge in [-0.2, -0.15) is 5.10 Å². The standard InChI is InChI=1S/C9H11N5OS/c1-14-8(12-6-13-14)5-16(15)9-7(10)3-2-4-11-9/h2-4,6H,5,10H2,1H3. The van der Waals surface area contributed by atoms with Crippen molar-refractivity contribution in [2.45, 2.75) is 10.8 Å². The molecule has 0 amide bonds. The van der Waals surface area contributed by atoms with Crippen LogP contribution in [0.2, 0.25) is 0 Å². The molecule has 1 atom stereocenters. The third-order valence-electron chi connectivity index (χ3n) is 2.08. The Labute approximate surface area is 95.0 Å². The Morgan fingerprint density at radius 1 is 1.50 bits per heavy atom. The second kappa shape index (κ2) is 4.40. The van der Waals surface area contributed by atoms with Gasteiger partial charge in [-0.3, -0.25) is 8.89 Å². The number of hydrogen-bond donors (Lipinski definition) is 1. The van der Waals surface area contributed by atoms with Gasteiger partial charge in [0.2, 0.25) is 0 Å². The van der Waals surface area contributed by atoms with E-state index in [1.807, 2.05) is 0 Å². The molecule has 0 radical (unpaired) electrons. The van der Waals surface area contributed by atoms with Crippen molar-refractivity contribution in [3.05, 3.63) is 30.5 Å². The molecule has 0 aliphatic rings. The van der Waals surface area contributed by atoms with Crippen molar-refractivity contribution in [3.8, 4) is 0 Å². The summed E-state index contributed by atoms with van der Waals surface area (Å²) in [7, 11) is 0.457. The van der Waals surface area contributed by atoms with E-state index < -0.39 is 10.8 Å². The molecule has 0 aromatic carbocycles. The maximum atomic E-state index is 12.0. The zero-order valence-electron chi connectivity index (χ0n) is 8.70. The van der Waals surface area contributed by atoms with E-state index in [2.05, 4.69) is 15.1 Å². The maximum absolute atomic E-state index is 12.0. The highest BCUT2D eigenvalue weighted by Gasteiger charge is 2.12. The Morgan fingerprint density at radius 3 is 2.94 bits per heavy atom. The number of nitrogen functional groups attached to an aromatic ring is 1. The van der Waals surface area contributed by atoms with E-state index in [0.717, 1.165) is 0 Å². The third-order valence-corrected chi connectivity index (χ3v) is 3.37. The van der Waals surface area contributed by atoms with Crippen LogP contribution in [0.25, 0.3) is 0 Å². The van der Waals surface area contributed by atoms with Crippen molar-refractivity contribution in [1.29, 1.82) is 0 Å². The molecule has 16 heavy (non-hydrogen) atoms. The summed E-state index contributed by atoms with van der Waals surface area (Å²) >= 11 is 0. The molecular weight excluding hydrogens is 226 g/mol. The fraction of sp³-hybridized carbons (Fsp3) is 0.222. The highest BCUT2D eigenvalue weighted by molar-refractivity contribution is 7.84. The zero-order chi connectivity index (χ0) is 11.5. The first-order valence-electron chi connectivity index (χ1n) is 4.60. The van der Waals surface area contributed by atoms with Crippen LogP contribution in [0.5, 0.6) is 0 Å². The SMILES string of the molecule is Cn1ncnc1CS(=O)c1ncccc1N. The Hall–Kier alpha value is -1.76. The lowest BCUT2D eigenvalue weighted by Gasteiger charge is -2.03. The summed E-state index contributed by atoms with van der Waals surface area (Å²) in [6, 6.07) is 3.38. The minimum Gasteiger partial charge on any atom is -0.396 e. The van der Waals surface area contributed by atoms with Crippen molar-refractivity contribution in [2.24, 2.45) is 7.05 Å². The first-order valence-corrected chi connectivity index (χ1v) is 5.92. The zero-order valence-corrected chi connectivity index (χ0v) is 9.52. The molecule has 1 unspecified atom stereocenters. The van der Waals surface area contributed by atoms with Crippen LogP contribution in [0.1, 0.15) is 5.82 Å². The molecule has 2 rings (SSSR count). The number of rotatable bonds is 3.